The molecule has 1 aliphatic rings. The molecule has 0 aliphatic carbocycles. The van der Waals surface area contributed by atoms with Crippen LogP contribution < -0.4 is 10.6 Å². The van der Waals surface area contributed by atoms with Gasteiger partial charge in [-0.1, -0.05) is 6.07 Å². The second-order valence-electron chi connectivity index (χ2n) is 6.79. The molecule has 0 aromatic carbocycles. The first-order valence-corrected chi connectivity index (χ1v) is 9.40. The maximum absolute atomic E-state index is 13.2. The van der Waals surface area contributed by atoms with Gasteiger partial charge in [-0.05, 0) is 63.5 Å². The Morgan fingerprint density at radius 3 is 2.86 bits per heavy atom. The highest BCUT2D eigenvalue weighted by molar-refractivity contribution is 5.95. The van der Waals surface area contributed by atoms with Crippen LogP contribution in [0.15, 0.2) is 47.2 Å². The van der Waals surface area contributed by atoms with Crippen molar-refractivity contribution in [3.63, 3.8) is 0 Å². The minimum absolute atomic E-state index is 0. The predicted molar refractivity (Wildman–Crippen MR) is 108 cm³/mol. The van der Waals surface area contributed by atoms with E-state index in [1.807, 2.05) is 23.1 Å². The van der Waals surface area contributed by atoms with Gasteiger partial charge in [-0.15, -0.1) is 12.4 Å². The minimum atomic E-state index is -0.650. The Bertz CT molecular complexity index is 731. The molecule has 0 saturated carbocycles. The van der Waals surface area contributed by atoms with Crippen molar-refractivity contribution < 1.29 is 14.0 Å². The van der Waals surface area contributed by atoms with Gasteiger partial charge in [0, 0.05) is 12.2 Å². The Hall–Kier alpha value is -2.38. The zero-order valence-electron chi connectivity index (χ0n) is 16.0. The van der Waals surface area contributed by atoms with Crippen LogP contribution in [0.5, 0.6) is 0 Å². The molecule has 8 heteroatoms. The molecule has 1 aliphatic heterocycles. The first-order chi connectivity index (χ1) is 13.1. The minimum Gasteiger partial charge on any atom is -0.459 e. The van der Waals surface area contributed by atoms with Gasteiger partial charge in [-0.3, -0.25) is 14.6 Å². The second kappa shape index (κ2) is 10.8. The van der Waals surface area contributed by atoms with Crippen molar-refractivity contribution in [3.05, 3.63) is 54.2 Å². The zero-order valence-corrected chi connectivity index (χ0v) is 16.8. The molecule has 2 N–H and O–H groups in total. The van der Waals surface area contributed by atoms with Crippen LogP contribution >= 0.6 is 12.4 Å². The molecular formula is C20H27ClN4O3. The number of furan rings is 1. The fourth-order valence-corrected chi connectivity index (χ4v) is 3.35. The summed E-state index contributed by atoms with van der Waals surface area (Å²) in [4.78, 5) is 31.7. The number of pyridine rings is 1. The molecule has 3 heterocycles. The van der Waals surface area contributed by atoms with Gasteiger partial charge >= 0.3 is 0 Å². The topological polar surface area (TPSA) is 87.5 Å². The smallest absolute Gasteiger partial charge is 0.287 e. The van der Waals surface area contributed by atoms with Crippen molar-refractivity contribution in [3.8, 4) is 0 Å². The molecule has 7 nitrogen and oxygen atoms in total. The van der Waals surface area contributed by atoms with Crippen LogP contribution in [0, 0.1) is 0 Å². The van der Waals surface area contributed by atoms with E-state index in [4.69, 9.17) is 4.42 Å². The monoisotopic (exact) mass is 406 g/mol. The van der Waals surface area contributed by atoms with Crippen LogP contribution in [0.4, 0.5) is 0 Å². The first kappa shape index (κ1) is 21.9. The summed E-state index contributed by atoms with van der Waals surface area (Å²) in [6, 6.07) is 8.39. The highest BCUT2D eigenvalue weighted by Gasteiger charge is 2.29. The Balaban J connectivity index is 0.00000280. The Labute approximate surface area is 171 Å². The predicted octanol–water partition coefficient (Wildman–Crippen LogP) is 2.39. The van der Waals surface area contributed by atoms with Crippen molar-refractivity contribution in [2.75, 3.05) is 13.1 Å². The normalized spacial score (nSPS) is 17.7. The van der Waals surface area contributed by atoms with E-state index >= 15 is 0 Å². The second-order valence-corrected chi connectivity index (χ2v) is 6.79. The molecule has 1 saturated heterocycles. The number of nitrogens with zero attached hydrogens (tertiary/aromatic N) is 2. The lowest BCUT2D eigenvalue weighted by Gasteiger charge is -2.33. The number of hydrogen-bond acceptors (Lipinski definition) is 5. The number of amides is 2. The average molecular weight is 407 g/mol. The molecule has 2 unspecified atom stereocenters. The van der Waals surface area contributed by atoms with Gasteiger partial charge in [-0.25, -0.2) is 0 Å². The number of halogens is 1. The fraction of sp³-hybridized carbons (Fsp3) is 0.450. The summed E-state index contributed by atoms with van der Waals surface area (Å²) in [6.45, 7) is 3.99. The van der Waals surface area contributed by atoms with E-state index in [9.17, 15) is 9.59 Å². The van der Waals surface area contributed by atoms with Crippen LogP contribution in [0.3, 0.4) is 0 Å². The maximum Gasteiger partial charge on any atom is 0.287 e. The number of hydrogen-bond donors (Lipinski definition) is 2. The third-order valence-corrected chi connectivity index (χ3v) is 4.79. The third kappa shape index (κ3) is 5.81. The number of carbonyl (C=O) groups is 2. The Kier molecular flexibility index (Phi) is 8.47. The maximum atomic E-state index is 13.2. The lowest BCUT2D eigenvalue weighted by Crippen LogP contribution is -2.50. The molecule has 28 heavy (non-hydrogen) atoms. The fourth-order valence-electron chi connectivity index (χ4n) is 3.35. The number of aromatic nitrogens is 1. The molecule has 3 rings (SSSR count). The van der Waals surface area contributed by atoms with Gasteiger partial charge in [0.15, 0.2) is 5.76 Å². The summed E-state index contributed by atoms with van der Waals surface area (Å²) in [5.74, 6) is -0.293. The van der Waals surface area contributed by atoms with E-state index in [1.54, 1.807) is 25.3 Å². The molecule has 152 valence electrons. The number of nitrogens with one attached hydrogen (secondary N) is 2. The van der Waals surface area contributed by atoms with Crippen molar-refractivity contribution >= 4 is 24.2 Å². The average Bonchev–Trinajstić information content (AvgIpc) is 3.10. The molecule has 0 bridgehead atoms. The SMILES string of the molecule is CC(NC(=O)c1ccco1)C(=O)N(Cc1ccccn1)C1CCCNCC1.Cl. The summed E-state index contributed by atoms with van der Waals surface area (Å²) in [5.41, 5.74) is 0.840. The Morgan fingerprint density at radius 1 is 1.29 bits per heavy atom. The van der Waals surface area contributed by atoms with Crippen LogP contribution in [0.2, 0.25) is 0 Å². The summed E-state index contributed by atoms with van der Waals surface area (Å²) in [7, 11) is 0. The van der Waals surface area contributed by atoms with Crippen LogP contribution in [-0.4, -0.2) is 46.9 Å². The van der Waals surface area contributed by atoms with Gasteiger partial charge in [0.2, 0.25) is 5.91 Å². The zero-order chi connectivity index (χ0) is 19.1. The van der Waals surface area contributed by atoms with Gasteiger partial charge in [0.25, 0.3) is 5.91 Å². The summed E-state index contributed by atoms with van der Waals surface area (Å²) in [5, 5.41) is 6.12. The van der Waals surface area contributed by atoms with E-state index < -0.39 is 6.04 Å². The van der Waals surface area contributed by atoms with Crippen molar-refractivity contribution in [2.24, 2.45) is 0 Å². The highest BCUT2D eigenvalue weighted by Crippen LogP contribution is 2.18. The molecule has 2 amide bonds. The third-order valence-electron chi connectivity index (χ3n) is 4.79. The van der Waals surface area contributed by atoms with Gasteiger partial charge in [0.05, 0.1) is 18.5 Å². The molecular weight excluding hydrogens is 380 g/mol. The van der Waals surface area contributed by atoms with Crippen LogP contribution in [0.1, 0.15) is 42.4 Å². The molecule has 2 atom stereocenters. The van der Waals surface area contributed by atoms with Crippen molar-refractivity contribution in [1.82, 2.24) is 20.5 Å². The van der Waals surface area contributed by atoms with E-state index in [1.165, 1.54) is 6.26 Å². The lowest BCUT2D eigenvalue weighted by molar-refractivity contribution is -0.136. The van der Waals surface area contributed by atoms with Crippen LogP contribution in [-0.2, 0) is 11.3 Å². The molecule has 2 aromatic rings. The summed E-state index contributed by atoms with van der Waals surface area (Å²) >= 11 is 0. The lowest BCUT2D eigenvalue weighted by atomic mass is 10.1. The van der Waals surface area contributed by atoms with E-state index in [0.717, 1.165) is 38.0 Å². The molecule has 0 spiro atoms. The van der Waals surface area contributed by atoms with Gasteiger partial charge < -0.3 is 20.0 Å². The summed E-state index contributed by atoms with van der Waals surface area (Å²) in [6.07, 6.45) is 6.01. The standard InChI is InChI=1S/C20H26N4O3.ClH/c1-15(23-19(25)18-8-5-13-27-18)20(26)24(14-16-6-2-3-11-22-16)17-7-4-10-21-12-9-17;/h2-3,5-6,8,11,13,15,17,21H,4,7,9-10,12,14H2,1H3,(H,23,25);1H. The molecule has 0 radical (unpaired) electrons. The highest BCUT2D eigenvalue weighted by atomic mass is 35.5. The quantitative estimate of drug-likeness (QED) is 0.769. The number of rotatable bonds is 6. The molecule has 2 aromatic heterocycles. The Morgan fingerprint density at radius 2 is 2.14 bits per heavy atom. The largest absolute Gasteiger partial charge is 0.459 e. The van der Waals surface area contributed by atoms with Crippen molar-refractivity contribution in [2.45, 2.75) is 44.8 Å². The van der Waals surface area contributed by atoms with Gasteiger partial charge in [0.1, 0.15) is 6.04 Å². The molecule has 1 fully saturated rings. The van der Waals surface area contributed by atoms with Crippen molar-refractivity contribution in [1.29, 1.82) is 0 Å². The van der Waals surface area contributed by atoms with E-state index in [0.29, 0.717) is 6.54 Å². The van der Waals surface area contributed by atoms with E-state index in [-0.39, 0.29) is 36.0 Å². The first-order valence-electron chi connectivity index (χ1n) is 9.40. The van der Waals surface area contributed by atoms with Crippen LogP contribution in [0.25, 0.3) is 0 Å². The van der Waals surface area contributed by atoms with Gasteiger partial charge in [-0.2, -0.15) is 0 Å². The van der Waals surface area contributed by atoms with E-state index in [2.05, 4.69) is 15.6 Å². The number of carbonyl (C=O) groups excluding carboxylic acids is 2. The summed E-state index contributed by atoms with van der Waals surface area (Å²) < 4.78 is 5.11.